The molecule has 0 bridgehead atoms. The second kappa shape index (κ2) is 7.27. The second-order valence-corrected chi connectivity index (χ2v) is 5.00. The Kier molecular flexibility index (Phi) is 5.39. The summed E-state index contributed by atoms with van der Waals surface area (Å²) in [7, 11) is 0. The molecular weight excluding hydrogens is 264 g/mol. The molecule has 0 aliphatic carbocycles. The van der Waals surface area contributed by atoms with Gasteiger partial charge in [0.2, 0.25) is 0 Å². The molecule has 2 rings (SSSR count). The number of aromatic nitrogens is 2. The van der Waals surface area contributed by atoms with Crippen LogP contribution in [0.1, 0.15) is 43.8 Å². The third-order valence-electron chi connectivity index (χ3n) is 3.56. The lowest BCUT2D eigenvalue weighted by molar-refractivity contribution is 0.145. The van der Waals surface area contributed by atoms with Gasteiger partial charge in [-0.3, -0.25) is 4.68 Å². The van der Waals surface area contributed by atoms with Gasteiger partial charge >= 0.3 is 0 Å². The number of hydrogen-bond donors (Lipinski definition) is 1. The summed E-state index contributed by atoms with van der Waals surface area (Å²) in [4.78, 5) is 0. The number of aliphatic hydroxyl groups excluding tert-OH is 1. The highest BCUT2D eigenvalue weighted by Gasteiger charge is 2.16. The average Bonchev–Trinajstić information content (AvgIpc) is 2.90. The normalized spacial score (nSPS) is 12.4. The Morgan fingerprint density at radius 2 is 1.95 bits per heavy atom. The van der Waals surface area contributed by atoms with Crippen molar-refractivity contribution in [2.24, 2.45) is 0 Å². The summed E-state index contributed by atoms with van der Waals surface area (Å²) < 4.78 is 7.50. The predicted octanol–water partition coefficient (Wildman–Crippen LogP) is 3.14. The molecule has 21 heavy (non-hydrogen) atoms. The number of para-hydroxylation sites is 1. The van der Waals surface area contributed by atoms with Gasteiger partial charge < -0.3 is 9.84 Å². The van der Waals surface area contributed by atoms with E-state index >= 15 is 0 Å². The average molecular weight is 288 g/mol. The summed E-state index contributed by atoms with van der Waals surface area (Å²) in [5, 5.41) is 15.1. The Hall–Kier alpha value is -1.81. The third-order valence-corrected chi connectivity index (χ3v) is 3.56. The minimum Gasteiger partial charge on any atom is -0.493 e. The van der Waals surface area contributed by atoms with E-state index in [9.17, 15) is 5.11 Å². The minimum atomic E-state index is -0.623. The van der Waals surface area contributed by atoms with Crippen molar-refractivity contribution in [3.63, 3.8) is 0 Å². The molecule has 0 amide bonds. The minimum absolute atomic E-state index is 0.452. The smallest absolute Gasteiger partial charge is 0.125 e. The Morgan fingerprint density at radius 3 is 2.62 bits per heavy atom. The van der Waals surface area contributed by atoms with Crippen LogP contribution in [0, 0.1) is 0 Å². The van der Waals surface area contributed by atoms with Crippen LogP contribution in [-0.2, 0) is 19.4 Å². The summed E-state index contributed by atoms with van der Waals surface area (Å²) in [5.41, 5.74) is 3.03. The molecule has 0 aliphatic rings. The molecule has 4 nitrogen and oxygen atoms in total. The van der Waals surface area contributed by atoms with E-state index in [-0.39, 0.29) is 0 Å². The summed E-state index contributed by atoms with van der Waals surface area (Å²) in [6, 6.07) is 9.75. The van der Waals surface area contributed by atoms with E-state index in [4.69, 9.17) is 4.74 Å². The van der Waals surface area contributed by atoms with Crippen LogP contribution in [0.3, 0.4) is 0 Å². The molecule has 1 N–H and O–H groups in total. The van der Waals surface area contributed by atoms with Crippen LogP contribution in [0.5, 0.6) is 5.75 Å². The number of aliphatic hydroxyl groups is 1. The lowest BCUT2D eigenvalue weighted by Crippen LogP contribution is -2.13. The van der Waals surface area contributed by atoms with Crippen molar-refractivity contribution in [2.45, 2.75) is 46.3 Å². The zero-order valence-corrected chi connectivity index (χ0v) is 13.0. The maximum atomic E-state index is 10.5. The van der Waals surface area contributed by atoms with Gasteiger partial charge in [-0.25, -0.2) is 0 Å². The Labute approximate surface area is 126 Å². The number of aryl methyl sites for hydroxylation is 2. The molecule has 1 aromatic heterocycles. The fourth-order valence-electron chi connectivity index (χ4n) is 2.44. The molecule has 0 radical (unpaired) electrons. The number of benzene rings is 1. The summed E-state index contributed by atoms with van der Waals surface area (Å²) in [5.74, 6) is 0.744. The monoisotopic (exact) mass is 288 g/mol. The number of nitrogens with zero attached hydrogens (tertiary/aromatic N) is 2. The van der Waals surface area contributed by atoms with Crippen LogP contribution in [0.15, 0.2) is 30.3 Å². The van der Waals surface area contributed by atoms with Gasteiger partial charge in [0.25, 0.3) is 0 Å². The molecule has 0 spiro atoms. The molecule has 1 unspecified atom stereocenters. The van der Waals surface area contributed by atoms with Crippen LogP contribution in [0.2, 0.25) is 0 Å². The molecule has 0 aliphatic heterocycles. The van der Waals surface area contributed by atoms with E-state index in [2.05, 4.69) is 25.0 Å². The lowest BCUT2D eigenvalue weighted by atomic mass is 10.1. The molecule has 0 saturated carbocycles. The van der Waals surface area contributed by atoms with E-state index in [0.717, 1.165) is 35.5 Å². The largest absolute Gasteiger partial charge is 0.493 e. The van der Waals surface area contributed by atoms with Gasteiger partial charge in [-0.05, 0) is 31.9 Å². The molecule has 1 aromatic carbocycles. The maximum absolute atomic E-state index is 10.5. The van der Waals surface area contributed by atoms with E-state index in [1.165, 1.54) is 0 Å². The van der Waals surface area contributed by atoms with Crippen molar-refractivity contribution in [2.75, 3.05) is 6.61 Å². The van der Waals surface area contributed by atoms with Gasteiger partial charge in [-0.1, -0.05) is 32.0 Å². The first-order valence-corrected chi connectivity index (χ1v) is 7.64. The third kappa shape index (κ3) is 3.64. The fraction of sp³-hybridized carbons (Fsp3) is 0.471. The number of hydrogen-bond acceptors (Lipinski definition) is 3. The van der Waals surface area contributed by atoms with Crippen LogP contribution in [0.25, 0.3) is 0 Å². The summed E-state index contributed by atoms with van der Waals surface area (Å²) in [6.45, 7) is 7.18. The molecule has 1 atom stereocenters. The molecule has 4 heteroatoms. The van der Waals surface area contributed by atoms with Crippen LogP contribution in [0.4, 0.5) is 0 Å². The van der Waals surface area contributed by atoms with E-state index in [0.29, 0.717) is 13.2 Å². The van der Waals surface area contributed by atoms with Crippen molar-refractivity contribution in [3.05, 3.63) is 47.3 Å². The molecular formula is C17H24N2O2. The standard InChI is InChI=1S/C17H24N2O2/c1-4-13-11-14(5-2)19(18-13)12-16(20)15-9-7-8-10-17(15)21-6-3/h7-11,16,20H,4-6,12H2,1-3H3. The van der Waals surface area contributed by atoms with Crippen LogP contribution >= 0.6 is 0 Å². The van der Waals surface area contributed by atoms with Gasteiger partial charge in [-0.15, -0.1) is 0 Å². The molecule has 114 valence electrons. The van der Waals surface area contributed by atoms with E-state index in [1.54, 1.807) is 0 Å². The van der Waals surface area contributed by atoms with Gasteiger partial charge in [0.05, 0.1) is 18.8 Å². The highest BCUT2D eigenvalue weighted by molar-refractivity contribution is 5.35. The molecule has 2 aromatic rings. The second-order valence-electron chi connectivity index (χ2n) is 5.00. The van der Waals surface area contributed by atoms with Crippen LogP contribution < -0.4 is 4.74 Å². The lowest BCUT2D eigenvalue weighted by Gasteiger charge is -2.16. The van der Waals surface area contributed by atoms with Gasteiger partial charge in [-0.2, -0.15) is 5.10 Å². The first-order chi connectivity index (χ1) is 10.2. The van der Waals surface area contributed by atoms with Gasteiger partial charge in [0, 0.05) is 11.3 Å². The van der Waals surface area contributed by atoms with Crippen molar-refractivity contribution < 1.29 is 9.84 Å². The van der Waals surface area contributed by atoms with E-state index in [1.807, 2.05) is 35.9 Å². The highest BCUT2D eigenvalue weighted by atomic mass is 16.5. The molecule has 1 heterocycles. The predicted molar refractivity (Wildman–Crippen MR) is 83.6 cm³/mol. The maximum Gasteiger partial charge on any atom is 0.125 e. The first kappa shape index (κ1) is 15.6. The van der Waals surface area contributed by atoms with E-state index < -0.39 is 6.10 Å². The topological polar surface area (TPSA) is 47.3 Å². The molecule has 0 saturated heterocycles. The van der Waals surface area contributed by atoms with Crippen molar-refractivity contribution in [3.8, 4) is 5.75 Å². The van der Waals surface area contributed by atoms with Crippen molar-refractivity contribution in [1.29, 1.82) is 0 Å². The van der Waals surface area contributed by atoms with Gasteiger partial charge in [0.15, 0.2) is 0 Å². The fourth-order valence-corrected chi connectivity index (χ4v) is 2.44. The number of rotatable bonds is 7. The highest BCUT2D eigenvalue weighted by Crippen LogP contribution is 2.26. The van der Waals surface area contributed by atoms with Gasteiger partial charge in [0.1, 0.15) is 11.9 Å². The zero-order valence-electron chi connectivity index (χ0n) is 13.0. The SMILES string of the molecule is CCOc1ccccc1C(O)Cn1nc(CC)cc1CC. The Bertz CT molecular complexity index is 578. The zero-order chi connectivity index (χ0) is 15.2. The first-order valence-electron chi connectivity index (χ1n) is 7.64. The van der Waals surface area contributed by atoms with Crippen molar-refractivity contribution in [1.82, 2.24) is 9.78 Å². The van der Waals surface area contributed by atoms with Crippen molar-refractivity contribution >= 4 is 0 Å². The molecule has 0 fully saturated rings. The number of ether oxygens (including phenoxy) is 1. The Balaban J connectivity index is 2.21. The summed E-state index contributed by atoms with van der Waals surface area (Å²) in [6.07, 6.45) is 1.20. The Morgan fingerprint density at radius 1 is 1.19 bits per heavy atom. The quantitative estimate of drug-likeness (QED) is 0.851. The van der Waals surface area contributed by atoms with Crippen LogP contribution in [-0.4, -0.2) is 21.5 Å². The summed E-state index contributed by atoms with van der Waals surface area (Å²) >= 11 is 0.